The third kappa shape index (κ3) is 7.08. The van der Waals surface area contributed by atoms with Crippen molar-refractivity contribution in [3.8, 4) is 0 Å². The van der Waals surface area contributed by atoms with E-state index in [2.05, 4.69) is 57.7 Å². The fraction of sp³-hybridized carbons (Fsp3) is 0.550. The molecule has 0 aliphatic rings. The molecule has 230 valence electrons. The zero-order chi connectivity index (χ0) is 30.4. The van der Waals surface area contributed by atoms with Gasteiger partial charge in [0.25, 0.3) is 12.0 Å². The fourth-order valence-electron chi connectivity index (χ4n) is 4.13. The molecule has 0 aliphatic heterocycles. The third-order valence-electron chi connectivity index (χ3n) is 6.17. The van der Waals surface area contributed by atoms with Crippen LogP contribution in [0.15, 0.2) is 17.3 Å². The lowest BCUT2D eigenvalue weighted by Crippen LogP contribution is -2.40. The smallest absolute Gasteiger partial charge is 0.282 e. The van der Waals surface area contributed by atoms with E-state index in [9.17, 15) is 15.0 Å². The average molecular weight is 648 g/mol. The number of aromatic nitrogens is 9. The molecule has 4 rings (SSSR count). The molecule has 0 radical (unpaired) electrons. The molecule has 7 atom stereocenters. The Morgan fingerprint density at radius 1 is 1.24 bits per heavy atom. The molecule has 42 heavy (non-hydrogen) atoms. The summed E-state index contributed by atoms with van der Waals surface area (Å²) in [6, 6.07) is 0. The van der Waals surface area contributed by atoms with Crippen LogP contribution in [0.3, 0.4) is 0 Å². The lowest BCUT2D eigenvalue weighted by atomic mass is 9.98. The summed E-state index contributed by atoms with van der Waals surface area (Å²) in [7, 11) is 3.68. The van der Waals surface area contributed by atoms with Gasteiger partial charge in [-0.3, -0.25) is 14.0 Å². The zero-order valence-electron chi connectivity index (χ0n) is 22.2. The first-order valence-corrected chi connectivity index (χ1v) is 14.2. The van der Waals surface area contributed by atoms with E-state index in [1.807, 2.05) is 0 Å². The van der Waals surface area contributed by atoms with Crippen molar-refractivity contribution in [2.24, 2.45) is 5.92 Å². The molecule has 0 bridgehead atoms. The van der Waals surface area contributed by atoms with Crippen LogP contribution in [-0.2, 0) is 29.3 Å². The predicted molar refractivity (Wildman–Crippen MR) is 155 cm³/mol. The van der Waals surface area contributed by atoms with Crippen molar-refractivity contribution in [3.05, 3.63) is 28.6 Å². The number of ether oxygens (including phenoxy) is 3. The van der Waals surface area contributed by atoms with Crippen LogP contribution < -0.4 is 17.0 Å². The highest BCUT2D eigenvalue weighted by atomic mass is 32.2. The number of nitrogens with zero attached hydrogens (tertiary/aromatic N) is 8. The Morgan fingerprint density at radius 3 is 2.71 bits per heavy atom. The number of hydrogen-bond donors (Lipinski definition) is 6. The monoisotopic (exact) mass is 647 g/mol. The third-order valence-corrected chi connectivity index (χ3v) is 7.43. The predicted octanol–water partition coefficient (Wildman–Crippen LogP) is -1.48. The molecule has 7 N–H and O–H groups in total. The Balaban J connectivity index is 1.46. The summed E-state index contributed by atoms with van der Waals surface area (Å²) in [5.41, 5.74) is 10.6. The lowest BCUT2D eigenvalue weighted by Gasteiger charge is -2.30. The van der Waals surface area contributed by atoms with Gasteiger partial charge in [-0.2, -0.15) is 14.8 Å². The van der Waals surface area contributed by atoms with E-state index in [0.29, 0.717) is 17.8 Å². The zero-order valence-corrected chi connectivity index (χ0v) is 25.1. The number of nitrogens with one attached hydrogen (secondary N) is 1. The SMILES string of the molecule is CO[C@H](COP)[C@@H](COC(O)OC(SC)[C@@H](O)[C@@H](OS)n1nnc2c(=O)[nH]c(N)nc21)Cc1cnc2c(N)ncnn12. The molecule has 0 aromatic carbocycles. The second kappa shape index (κ2) is 14.6. The number of nitrogens with two attached hydrogens (primary N) is 2. The van der Waals surface area contributed by atoms with Gasteiger partial charge in [0.15, 0.2) is 28.9 Å². The van der Waals surface area contributed by atoms with Crippen LogP contribution in [-0.4, -0.2) is 105 Å². The van der Waals surface area contributed by atoms with Gasteiger partial charge in [-0.15, -0.1) is 16.9 Å². The molecule has 19 nitrogen and oxygen atoms in total. The van der Waals surface area contributed by atoms with Gasteiger partial charge >= 0.3 is 0 Å². The topological polar surface area (TPSA) is 258 Å². The number of aromatic amines is 1. The largest absolute Gasteiger partial charge is 0.385 e. The maximum Gasteiger partial charge on any atom is 0.282 e. The Kier molecular flexibility index (Phi) is 11.2. The standard InChI is InChI=1S/C20H30N11O8PS2/c1-35-10(6-37-40)8(3-9-4-23-15-13(21)24-7-25-30(9)15)5-36-20(34)38-18(42-2)12(32)17(39-41)31-14-11(28-29-31)16(33)27-19(22)26-14/h4,7-8,10,12,17-18,20,32,34,41H,3,5-6,40H2,1-2H3,(H2,21,24,25)(H3,22,26,27,33)/t8-,10-,12+,17-,18?,20?/m1/s1. The second-order valence-corrected chi connectivity index (χ2v) is 10.2. The van der Waals surface area contributed by atoms with E-state index in [1.54, 1.807) is 17.0 Å². The molecule has 0 spiro atoms. The maximum atomic E-state index is 12.1. The number of aliphatic hydroxyl groups excluding tert-OH is 2. The van der Waals surface area contributed by atoms with Crippen LogP contribution in [0.5, 0.6) is 0 Å². The molecule has 22 heteroatoms. The van der Waals surface area contributed by atoms with Crippen LogP contribution in [0.4, 0.5) is 11.8 Å². The minimum atomic E-state index is -1.79. The van der Waals surface area contributed by atoms with Crippen LogP contribution >= 0.6 is 34.1 Å². The molecule has 4 aromatic rings. The summed E-state index contributed by atoms with van der Waals surface area (Å²) in [6.07, 6.45) is 1.55. The van der Waals surface area contributed by atoms with Gasteiger partial charge in [-0.05, 0) is 25.6 Å². The van der Waals surface area contributed by atoms with Crippen LogP contribution in [0, 0.1) is 5.92 Å². The number of aliphatic hydroxyl groups is 2. The average Bonchev–Trinajstić information content (AvgIpc) is 3.58. The number of thiol groups is 1. The van der Waals surface area contributed by atoms with Crippen LogP contribution in [0.1, 0.15) is 11.9 Å². The number of imidazole rings is 1. The van der Waals surface area contributed by atoms with Crippen molar-refractivity contribution < 1.29 is 33.1 Å². The van der Waals surface area contributed by atoms with E-state index in [4.69, 9.17) is 34.4 Å². The molecule has 0 fully saturated rings. The van der Waals surface area contributed by atoms with E-state index in [0.717, 1.165) is 16.4 Å². The van der Waals surface area contributed by atoms with E-state index < -0.39 is 35.9 Å². The first kappa shape index (κ1) is 32.2. The van der Waals surface area contributed by atoms with Crippen molar-refractivity contribution in [3.63, 3.8) is 0 Å². The Hall–Kier alpha value is -2.72. The van der Waals surface area contributed by atoms with Gasteiger partial charge < -0.3 is 40.4 Å². The first-order valence-electron chi connectivity index (χ1n) is 12.1. The first-order chi connectivity index (χ1) is 20.2. The minimum absolute atomic E-state index is 0.0600. The van der Waals surface area contributed by atoms with Crippen LogP contribution in [0.25, 0.3) is 16.8 Å². The van der Waals surface area contributed by atoms with Gasteiger partial charge in [0, 0.05) is 22.5 Å². The van der Waals surface area contributed by atoms with Gasteiger partial charge in [0.05, 0.1) is 31.2 Å². The summed E-state index contributed by atoms with van der Waals surface area (Å²) in [5, 5.41) is 33.5. The highest BCUT2D eigenvalue weighted by Gasteiger charge is 2.35. The number of nitrogen functional groups attached to an aromatic ring is 2. The minimum Gasteiger partial charge on any atom is -0.385 e. The summed E-state index contributed by atoms with van der Waals surface area (Å²) < 4.78 is 29.7. The number of fused-ring (bicyclic) bond motifs is 2. The molecule has 4 aromatic heterocycles. The molecular weight excluding hydrogens is 617 g/mol. The number of hydrogen-bond acceptors (Lipinski definition) is 18. The van der Waals surface area contributed by atoms with Crippen molar-refractivity contribution in [1.29, 1.82) is 0 Å². The fourth-order valence-corrected chi connectivity index (χ4v) is 5.15. The Morgan fingerprint density at radius 2 is 2.02 bits per heavy atom. The van der Waals surface area contributed by atoms with Gasteiger partial charge in [0.1, 0.15) is 17.9 Å². The highest BCUT2D eigenvalue weighted by Crippen LogP contribution is 2.27. The Bertz CT molecular complexity index is 1530. The van der Waals surface area contributed by atoms with Crippen molar-refractivity contribution >= 4 is 62.7 Å². The number of rotatable bonds is 16. The van der Waals surface area contributed by atoms with E-state index in [1.165, 1.54) is 13.4 Å². The number of H-pyrrole nitrogens is 1. The van der Waals surface area contributed by atoms with Crippen molar-refractivity contribution in [1.82, 2.24) is 44.5 Å². The van der Waals surface area contributed by atoms with Gasteiger partial charge in [0.2, 0.25) is 5.95 Å². The molecule has 3 unspecified atom stereocenters. The molecule has 0 saturated carbocycles. The van der Waals surface area contributed by atoms with Crippen molar-refractivity contribution in [2.45, 2.75) is 36.8 Å². The quantitative estimate of drug-likeness (QED) is 0.0350. The van der Waals surface area contributed by atoms with Crippen molar-refractivity contribution in [2.75, 3.05) is 38.0 Å². The molecule has 0 amide bonds. The summed E-state index contributed by atoms with van der Waals surface area (Å²) in [4.78, 5) is 26.6. The molecule has 4 heterocycles. The normalized spacial score (nSPS) is 16.4. The summed E-state index contributed by atoms with van der Waals surface area (Å²) >= 11 is 4.87. The van der Waals surface area contributed by atoms with Gasteiger partial charge in [-0.1, -0.05) is 5.21 Å². The van der Waals surface area contributed by atoms with E-state index >= 15 is 0 Å². The number of thioether (sulfide) groups is 1. The number of anilines is 2. The molecule has 0 aliphatic carbocycles. The lowest BCUT2D eigenvalue weighted by molar-refractivity contribution is -0.287. The Labute approximate surface area is 249 Å². The van der Waals surface area contributed by atoms with Gasteiger partial charge in [-0.25, -0.2) is 14.5 Å². The van der Waals surface area contributed by atoms with E-state index in [-0.39, 0.29) is 42.1 Å². The second-order valence-electron chi connectivity index (χ2n) is 8.73. The maximum absolute atomic E-state index is 12.1. The van der Waals surface area contributed by atoms with Crippen LogP contribution in [0.2, 0.25) is 0 Å². The highest BCUT2D eigenvalue weighted by molar-refractivity contribution is 7.99. The molecule has 0 saturated heterocycles. The summed E-state index contributed by atoms with van der Waals surface area (Å²) in [6.45, 7) is -1.66. The molecular formula is C20H30N11O8PS2. The summed E-state index contributed by atoms with van der Waals surface area (Å²) in [5.74, 6) is -0.354. The number of methoxy groups -OCH3 is 1.